The van der Waals surface area contributed by atoms with Crippen molar-refractivity contribution in [3.63, 3.8) is 0 Å². The lowest BCUT2D eigenvalue weighted by Crippen LogP contribution is -2.42. The Morgan fingerprint density at radius 2 is 2.19 bits per heavy atom. The van der Waals surface area contributed by atoms with Gasteiger partial charge in [-0.25, -0.2) is 4.79 Å². The second-order valence-electron chi connectivity index (χ2n) is 5.20. The maximum absolute atomic E-state index is 12.0. The molecule has 2 rings (SSSR count). The average molecular weight is 288 g/mol. The van der Waals surface area contributed by atoms with E-state index < -0.39 is 5.97 Å². The normalized spacial score (nSPS) is 18.2. The largest absolute Gasteiger partial charge is 0.478 e. The van der Waals surface area contributed by atoms with Crippen LogP contribution >= 0.6 is 0 Å². The molecule has 5 heteroatoms. The first kappa shape index (κ1) is 15.1. The number of likely N-dealkylation sites (N-methyl/N-ethyl adjacent to an activating group) is 1. The number of aryl methyl sites for hydroxylation is 1. The molecule has 0 bridgehead atoms. The number of carboxylic acid groups (broad SMARTS) is 1. The Balaban J connectivity index is 2.38. The highest BCUT2D eigenvalue weighted by Gasteiger charge is 2.31. The third-order valence-electron chi connectivity index (χ3n) is 3.70. The first-order valence-corrected chi connectivity index (χ1v) is 7.03. The molecule has 1 fully saturated rings. The van der Waals surface area contributed by atoms with E-state index in [2.05, 4.69) is 10.2 Å². The van der Waals surface area contributed by atoms with Crippen LogP contribution in [0.5, 0.6) is 0 Å². The van der Waals surface area contributed by atoms with Gasteiger partial charge in [-0.1, -0.05) is 11.6 Å². The number of nitrogens with zero attached hydrogens (tertiary/aromatic N) is 1. The van der Waals surface area contributed by atoms with Gasteiger partial charge in [0.15, 0.2) is 0 Å². The molecule has 0 aromatic heterocycles. The van der Waals surface area contributed by atoms with E-state index in [1.165, 1.54) is 0 Å². The Bertz CT molecular complexity index is 581. The summed E-state index contributed by atoms with van der Waals surface area (Å²) in [4.78, 5) is 24.8. The number of hydrogen-bond donors (Lipinski definition) is 2. The first-order valence-electron chi connectivity index (χ1n) is 7.03. The van der Waals surface area contributed by atoms with Crippen LogP contribution in [0.2, 0.25) is 0 Å². The zero-order valence-electron chi connectivity index (χ0n) is 12.3. The summed E-state index contributed by atoms with van der Waals surface area (Å²) in [5.74, 6) is -0.979. The summed E-state index contributed by atoms with van der Waals surface area (Å²) in [7, 11) is 1.64. The number of carbonyl (C=O) groups is 2. The van der Waals surface area contributed by atoms with Gasteiger partial charge < -0.3 is 15.3 Å². The molecular formula is C16H20N2O3. The molecule has 1 atom stereocenters. The Morgan fingerprint density at radius 1 is 1.43 bits per heavy atom. The molecule has 2 N–H and O–H groups in total. The molecule has 0 spiro atoms. The molecule has 0 aliphatic carbocycles. The fourth-order valence-corrected chi connectivity index (χ4v) is 2.72. The minimum atomic E-state index is -0.980. The van der Waals surface area contributed by atoms with Crippen LogP contribution in [0.15, 0.2) is 24.3 Å². The molecule has 1 aliphatic heterocycles. The lowest BCUT2D eigenvalue weighted by molar-refractivity contribution is -0.131. The van der Waals surface area contributed by atoms with Gasteiger partial charge >= 0.3 is 5.97 Å². The molecule has 1 saturated heterocycles. The van der Waals surface area contributed by atoms with Crippen LogP contribution < -0.4 is 10.2 Å². The summed E-state index contributed by atoms with van der Waals surface area (Å²) < 4.78 is 0. The van der Waals surface area contributed by atoms with Crippen LogP contribution in [0.4, 0.5) is 5.69 Å². The molecule has 1 unspecified atom stereocenters. The Hall–Kier alpha value is -2.30. The number of anilines is 1. The van der Waals surface area contributed by atoms with Crippen LogP contribution in [0, 0.1) is 6.92 Å². The quantitative estimate of drug-likeness (QED) is 0.829. The standard InChI is InChI=1S/C16H20N2O3/c1-11-5-7-13(12(10-11)6-8-15(19)20)18-9-3-4-14(18)16(21)17-2/h5-8,10,14H,3-4,9H2,1-2H3,(H,17,21)(H,19,20)/b8-6+. The van der Waals surface area contributed by atoms with E-state index in [-0.39, 0.29) is 11.9 Å². The second kappa shape index (κ2) is 6.43. The van der Waals surface area contributed by atoms with Gasteiger partial charge in [0.2, 0.25) is 5.91 Å². The second-order valence-corrected chi connectivity index (χ2v) is 5.20. The van der Waals surface area contributed by atoms with Crippen molar-refractivity contribution in [1.82, 2.24) is 5.32 Å². The predicted octanol–water partition coefficient (Wildman–Crippen LogP) is 1.81. The number of carbonyl (C=O) groups excluding carboxylic acids is 1. The Kier molecular flexibility index (Phi) is 4.62. The fourth-order valence-electron chi connectivity index (χ4n) is 2.72. The van der Waals surface area contributed by atoms with Gasteiger partial charge in [-0.05, 0) is 43.5 Å². The molecular weight excluding hydrogens is 268 g/mol. The number of hydrogen-bond acceptors (Lipinski definition) is 3. The van der Waals surface area contributed by atoms with E-state index in [4.69, 9.17) is 5.11 Å². The summed E-state index contributed by atoms with van der Waals surface area (Å²) in [5, 5.41) is 11.5. The molecule has 21 heavy (non-hydrogen) atoms. The lowest BCUT2D eigenvalue weighted by atomic mass is 10.1. The number of carboxylic acids is 1. The van der Waals surface area contributed by atoms with E-state index in [0.29, 0.717) is 0 Å². The third-order valence-corrected chi connectivity index (χ3v) is 3.70. The van der Waals surface area contributed by atoms with Crippen molar-refractivity contribution in [3.8, 4) is 0 Å². The molecule has 1 heterocycles. The lowest BCUT2D eigenvalue weighted by Gasteiger charge is -2.27. The summed E-state index contributed by atoms with van der Waals surface area (Å²) in [6, 6.07) is 5.69. The zero-order chi connectivity index (χ0) is 15.4. The highest BCUT2D eigenvalue weighted by atomic mass is 16.4. The monoisotopic (exact) mass is 288 g/mol. The zero-order valence-corrected chi connectivity index (χ0v) is 12.3. The predicted molar refractivity (Wildman–Crippen MR) is 82.3 cm³/mol. The van der Waals surface area contributed by atoms with Gasteiger partial charge in [0, 0.05) is 25.4 Å². The molecule has 5 nitrogen and oxygen atoms in total. The highest BCUT2D eigenvalue weighted by molar-refractivity contribution is 5.89. The van der Waals surface area contributed by atoms with Crippen LogP contribution in [0.1, 0.15) is 24.0 Å². The summed E-state index contributed by atoms with van der Waals surface area (Å²) in [6.07, 6.45) is 4.48. The Morgan fingerprint density at radius 3 is 2.86 bits per heavy atom. The van der Waals surface area contributed by atoms with Crippen molar-refractivity contribution in [1.29, 1.82) is 0 Å². The smallest absolute Gasteiger partial charge is 0.328 e. The van der Waals surface area contributed by atoms with Crippen molar-refractivity contribution in [2.45, 2.75) is 25.8 Å². The minimum Gasteiger partial charge on any atom is -0.478 e. The highest BCUT2D eigenvalue weighted by Crippen LogP contribution is 2.30. The molecule has 1 aliphatic rings. The first-order chi connectivity index (χ1) is 10.0. The fraction of sp³-hybridized carbons (Fsp3) is 0.375. The van der Waals surface area contributed by atoms with E-state index in [9.17, 15) is 9.59 Å². The van der Waals surface area contributed by atoms with Gasteiger partial charge in [0.05, 0.1) is 0 Å². The SMILES string of the molecule is CNC(=O)C1CCCN1c1ccc(C)cc1/C=C/C(=O)O. The van der Waals surface area contributed by atoms with Gasteiger partial charge in [-0.2, -0.15) is 0 Å². The molecule has 0 radical (unpaired) electrons. The van der Waals surface area contributed by atoms with E-state index >= 15 is 0 Å². The molecule has 1 aromatic carbocycles. The van der Waals surface area contributed by atoms with Crippen LogP contribution in [-0.4, -0.2) is 36.6 Å². The van der Waals surface area contributed by atoms with Crippen molar-refractivity contribution in [2.75, 3.05) is 18.5 Å². The molecule has 0 saturated carbocycles. The number of benzene rings is 1. The third kappa shape index (κ3) is 3.42. The van der Waals surface area contributed by atoms with Crippen molar-refractivity contribution >= 4 is 23.6 Å². The van der Waals surface area contributed by atoms with Crippen LogP contribution in [0.25, 0.3) is 6.08 Å². The Labute approximate surface area is 124 Å². The number of aliphatic carboxylic acids is 1. The summed E-state index contributed by atoms with van der Waals surface area (Å²) >= 11 is 0. The van der Waals surface area contributed by atoms with Crippen molar-refractivity contribution in [3.05, 3.63) is 35.4 Å². The van der Waals surface area contributed by atoms with E-state index in [1.807, 2.05) is 25.1 Å². The topological polar surface area (TPSA) is 69.6 Å². The maximum atomic E-state index is 12.0. The van der Waals surface area contributed by atoms with E-state index in [1.54, 1.807) is 13.1 Å². The molecule has 112 valence electrons. The number of rotatable bonds is 4. The van der Waals surface area contributed by atoms with E-state index in [0.717, 1.165) is 42.3 Å². The van der Waals surface area contributed by atoms with Gasteiger partial charge in [-0.15, -0.1) is 0 Å². The molecule has 1 amide bonds. The van der Waals surface area contributed by atoms with Crippen LogP contribution in [0.3, 0.4) is 0 Å². The summed E-state index contributed by atoms with van der Waals surface area (Å²) in [6.45, 7) is 2.76. The number of amides is 1. The van der Waals surface area contributed by atoms with Gasteiger partial charge in [-0.3, -0.25) is 4.79 Å². The van der Waals surface area contributed by atoms with Crippen LogP contribution in [-0.2, 0) is 9.59 Å². The van der Waals surface area contributed by atoms with Crippen molar-refractivity contribution < 1.29 is 14.7 Å². The molecule has 1 aromatic rings. The minimum absolute atomic E-state index is 0.00115. The van der Waals surface area contributed by atoms with Crippen molar-refractivity contribution in [2.24, 2.45) is 0 Å². The maximum Gasteiger partial charge on any atom is 0.328 e. The van der Waals surface area contributed by atoms with Gasteiger partial charge in [0.25, 0.3) is 0 Å². The average Bonchev–Trinajstić information content (AvgIpc) is 2.93. The van der Waals surface area contributed by atoms with Gasteiger partial charge in [0.1, 0.15) is 6.04 Å². The summed E-state index contributed by atoms with van der Waals surface area (Å²) in [5.41, 5.74) is 2.79. The number of nitrogens with one attached hydrogen (secondary N) is 1.